The standard InChI is InChI=1S/C20H20Cl2N6S/c21-13-1-2-16(14(22)9-13)29-18-11-24-17(10-25-18)27-7-4-20(5-8-27)12-28-15(19(20)23)3-6-26-28/h1-3,6,9-11,19H,4-5,7-8,12,23H2/t19-/m1/s1. The molecular weight excluding hydrogens is 427 g/mol. The molecule has 1 aromatic carbocycles. The van der Waals surface area contributed by atoms with Crippen LogP contribution in [0, 0.1) is 5.41 Å². The Balaban J connectivity index is 1.24. The van der Waals surface area contributed by atoms with Crippen LogP contribution in [0.25, 0.3) is 0 Å². The summed E-state index contributed by atoms with van der Waals surface area (Å²) in [6.07, 6.45) is 7.52. The topological polar surface area (TPSA) is 72.9 Å². The fraction of sp³-hybridized carbons (Fsp3) is 0.350. The largest absolute Gasteiger partial charge is 0.355 e. The molecule has 0 radical (unpaired) electrons. The highest BCUT2D eigenvalue weighted by molar-refractivity contribution is 7.99. The van der Waals surface area contributed by atoms with Gasteiger partial charge in [-0.1, -0.05) is 35.0 Å². The molecule has 0 unspecified atom stereocenters. The van der Waals surface area contributed by atoms with Crippen molar-refractivity contribution in [2.45, 2.75) is 35.3 Å². The minimum Gasteiger partial charge on any atom is -0.355 e. The van der Waals surface area contributed by atoms with Gasteiger partial charge in [-0.05, 0) is 37.1 Å². The van der Waals surface area contributed by atoms with Crippen molar-refractivity contribution in [3.63, 3.8) is 0 Å². The van der Waals surface area contributed by atoms with E-state index >= 15 is 0 Å². The number of halogens is 2. The average molecular weight is 447 g/mol. The number of fused-ring (bicyclic) bond motifs is 1. The van der Waals surface area contributed by atoms with Gasteiger partial charge in [0, 0.05) is 41.2 Å². The highest BCUT2D eigenvalue weighted by Crippen LogP contribution is 2.47. The van der Waals surface area contributed by atoms with E-state index < -0.39 is 0 Å². The molecule has 1 atom stereocenters. The molecule has 29 heavy (non-hydrogen) atoms. The second kappa shape index (κ2) is 7.47. The van der Waals surface area contributed by atoms with Gasteiger partial charge in [-0.2, -0.15) is 5.10 Å². The third kappa shape index (κ3) is 3.50. The van der Waals surface area contributed by atoms with Crippen LogP contribution < -0.4 is 10.6 Å². The molecule has 2 N–H and O–H groups in total. The molecule has 0 amide bonds. The van der Waals surface area contributed by atoms with Crippen LogP contribution in [0.5, 0.6) is 0 Å². The van der Waals surface area contributed by atoms with Gasteiger partial charge in [0.05, 0.1) is 29.2 Å². The van der Waals surface area contributed by atoms with Crippen LogP contribution in [0.2, 0.25) is 10.0 Å². The van der Waals surface area contributed by atoms with Gasteiger partial charge in [0.1, 0.15) is 10.8 Å². The van der Waals surface area contributed by atoms with Crippen LogP contribution >= 0.6 is 35.0 Å². The molecule has 3 aromatic rings. The Bertz CT molecular complexity index is 1030. The molecule has 6 nitrogen and oxygen atoms in total. The maximum absolute atomic E-state index is 6.57. The minimum absolute atomic E-state index is 0.0566. The number of anilines is 1. The number of nitrogens with two attached hydrogens (primary N) is 1. The summed E-state index contributed by atoms with van der Waals surface area (Å²) in [6.45, 7) is 2.75. The average Bonchev–Trinajstić information content (AvgIpc) is 3.27. The van der Waals surface area contributed by atoms with Crippen LogP contribution in [-0.2, 0) is 6.54 Å². The Kier molecular flexibility index (Phi) is 4.94. The summed E-state index contributed by atoms with van der Waals surface area (Å²) in [6, 6.07) is 7.55. The van der Waals surface area contributed by atoms with E-state index in [2.05, 4.69) is 24.6 Å². The normalized spacial score (nSPS) is 20.2. The summed E-state index contributed by atoms with van der Waals surface area (Å²) in [5.41, 5.74) is 7.83. The van der Waals surface area contributed by atoms with Gasteiger partial charge >= 0.3 is 0 Å². The molecule has 2 aliphatic heterocycles. The van der Waals surface area contributed by atoms with Crippen LogP contribution in [0.15, 0.2) is 52.8 Å². The first-order chi connectivity index (χ1) is 14.0. The molecular formula is C20H20Cl2N6S. The molecule has 0 bridgehead atoms. The van der Waals surface area contributed by atoms with Crippen molar-refractivity contribution in [2.75, 3.05) is 18.0 Å². The van der Waals surface area contributed by atoms with E-state index in [0.29, 0.717) is 10.0 Å². The zero-order valence-corrected chi connectivity index (χ0v) is 18.0. The Morgan fingerprint density at radius 2 is 1.93 bits per heavy atom. The zero-order valence-electron chi connectivity index (χ0n) is 15.6. The summed E-state index contributed by atoms with van der Waals surface area (Å²) in [7, 11) is 0. The molecule has 4 heterocycles. The second-order valence-electron chi connectivity index (χ2n) is 7.63. The van der Waals surface area contributed by atoms with Gasteiger partial charge < -0.3 is 10.6 Å². The van der Waals surface area contributed by atoms with Crippen LogP contribution in [0.1, 0.15) is 24.6 Å². The van der Waals surface area contributed by atoms with E-state index in [1.54, 1.807) is 12.3 Å². The van der Waals surface area contributed by atoms with E-state index in [1.165, 1.54) is 11.8 Å². The predicted molar refractivity (Wildman–Crippen MR) is 116 cm³/mol. The number of benzene rings is 1. The zero-order chi connectivity index (χ0) is 20.0. The molecule has 0 saturated carbocycles. The van der Waals surface area contributed by atoms with Gasteiger partial charge in [0.15, 0.2) is 0 Å². The number of rotatable bonds is 3. The van der Waals surface area contributed by atoms with Crippen molar-refractivity contribution in [2.24, 2.45) is 11.1 Å². The minimum atomic E-state index is 0.0566. The highest BCUT2D eigenvalue weighted by atomic mass is 35.5. The molecule has 2 aromatic heterocycles. The monoisotopic (exact) mass is 446 g/mol. The predicted octanol–water partition coefficient (Wildman–Crippen LogP) is 4.43. The van der Waals surface area contributed by atoms with E-state index in [1.807, 2.05) is 30.6 Å². The van der Waals surface area contributed by atoms with Crippen molar-refractivity contribution in [1.82, 2.24) is 19.7 Å². The van der Waals surface area contributed by atoms with Crippen molar-refractivity contribution >= 4 is 40.8 Å². The number of hydrogen-bond donors (Lipinski definition) is 1. The van der Waals surface area contributed by atoms with E-state index in [9.17, 15) is 0 Å². The first-order valence-corrected chi connectivity index (χ1v) is 11.1. The quantitative estimate of drug-likeness (QED) is 0.641. The lowest BCUT2D eigenvalue weighted by atomic mass is 9.73. The lowest BCUT2D eigenvalue weighted by molar-refractivity contribution is 0.170. The molecule has 1 spiro atoms. The van der Waals surface area contributed by atoms with Crippen molar-refractivity contribution in [3.05, 3.63) is 58.6 Å². The maximum Gasteiger partial charge on any atom is 0.147 e. The molecule has 9 heteroatoms. The Hall–Kier alpha value is -1.80. The van der Waals surface area contributed by atoms with Gasteiger partial charge in [-0.15, -0.1) is 0 Å². The van der Waals surface area contributed by atoms with Crippen molar-refractivity contribution in [1.29, 1.82) is 0 Å². The second-order valence-corrected chi connectivity index (χ2v) is 9.54. The van der Waals surface area contributed by atoms with Crippen molar-refractivity contribution < 1.29 is 0 Å². The molecule has 0 aliphatic carbocycles. The summed E-state index contributed by atoms with van der Waals surface area (Å²) < 4.78 is 2.06. The van der Waals surface area contributed by atoms with Crippen LogP contribution in [0.4, 0.5) is 5.82 Å². The molecule has 5 rings (SSSR count). The van der Waals surface area contributed by atoms with Gasteiger partial charge in [0.25, 0.3) is 0 Å². The molecule has 150 valence electrons. The SMILES string of the molecule is N[C@@H]1c2ccnn2CC12CCN(c1cnc(Sc3ccc(Cl)cc3Cl)cn1)CC2. The number of aromatic nitrogens is 4. The fourth-order valence-electron chi connectivity index (χ4n) is 4.30. The lowest BCUT2D eigenvalue weighted by Gasteiger charge is -2.41. The first-order valence-electron chi connectivity index (χ1n) is 9.51. The van der Waals surface area contributed by atoms with Gasteiger partial charge in [-0.3, -0.25) is 4.68 Å². The third-order valence-corrected chi connectivity index (χ3v) is 7.65. The number of nitrogens with zero attached hydrogens (tertiary/aromatic N) is 5. The summed E-state index contributed by atoms with van der Waals surface area (Å²) in [5.74, 6) is 0.899. The Labute approximate surface area is 183 Å². The third-order valence-electron chi connectivity index (χ3n) is 6.00. The first kappa shape index (κ1) is 19.2. The summed E-state index contributed by atoms with van der Waals surface area (Å²) in [4.78, 5) is 12.4. The Morgan fingerprint density at radius 1 is 1.10 bits per heavy atom. The van der Waals surface area contributed by atoms with Gasteiger partial charge in [0.2, 0.25) is 0 Å². The lowest BCUT2D eigenvalue weighted by Crippen LogP contribution is -2.45. The summed E-state index contributed by atoms with van der Waals surface area (Å²) >= 11 is 13.7. The number of piperidine rings is 1. The van der Waals surface area contributed by atoms with Crippen molar-refractivity contribution in [3.8, 4) is 0 Å². The van der Waals surface area contributed by atoms with Crippen LogP contribution in [-0.4, -0.2) is 32.8 Å². The van der Waals surface area contributed by atoms with Gasteiger partial charge in [-0.25, -0.2) is 9.97 Å². The van der Waals surface area contributed by atoms with E-state index in [-0.39, 0.29) is 11.5 Å². The maximum atomic E-state index is 6.57. The fourth-order valence-corrected chi connectivity index (χ4v) is 5.55. The summed E-state index contributed by atoms with van der Waals surface area (Å²) in [5, 5.41) is 6.44. The number of hydrogen-bond acceptors (Lipinski definition) is 6. The van der Waals surface area contributed by atoms with E-state index in [0.717, 1.165) is 53.9 Å². The molecule has 1 saturated heterocycles. The Morgan fingerprint density at radius 3 is 2.62 bits per heavy atom. The highest BCUT2D eigenvalue weighted by Gasteiger charge is 2.46. The molecule has 1 fully saturated rings. The van der Waals surface area contributed by atoms with Crippen LogP contribution in [0.3, 0.4) is 0 Å². The molecule has 2 aliphatic rings. The van der Waals surface area contributed by atoms with E-state index in [4.69, 9.17) is 28.9 Å². The smallest absolute Gasteiger partial charge is 0.147 e.